The SMILES string of the molecule is N[C@@]1(C(=O)O)C[C@H]2C[C@H](C(=O)O)[C@@H]1C2. The summed E-state index contributed by atoms with van der Waals surface area (Å²) in [6.45, 7) is 0. The van der Waals surface area contributed by atoms with E-state index in [-0.39, 0.29) is 11.8 Å². The maximum Gasteiger partial charge on any atom is 0.324 e. The van der Waals surface area contributed by atoms with Gasteiger partial charge in [-0.3, -0.25) is 9.59 Å². The van der Waals surface area contributed by atoms with Crippen LogP contribution in [0.25, 0.3) is 0 Å². The van der Waals surface area contributed by atoms with Gasteiger partial charge >= 0.3 is 11.9 Å². The van der Waals surface area contributed by atoms with Crippen LogP contribution in [0.15, 0.2) is 0 Å². The lowest BCUT2D eigenvalue weighted by atomic mass is 9.75. The van der Waals surface area contributed by atoms with Gasteiger partial charge in [-0.2, -0.15) is 0 Å². The molecule has 0 saturated heterocycles. The van der Waals surface area contributed by atoms with Gasteiger partial charge in [0.25, 0.3) is 0 Å². The Morgan fingerprint density at radius 1 is 1.29 bits per heavy atom. The summed E-state index contributed by atoms with van der Waals surface area (Å²) in [7, 11) is 0. The molecule has 4 N–H and O–H groups in total. The van der Waals surface area contributed by atoms with Gasteiger partial charge in [0.05, 0.1) is 5.92 Å². The van der Waals surface area contributed by atoms with Gasteiger partial charge in [0, 0.05) is 5.92 Å². The van der Waals surface area contributed by atoms with Crippen LogP contribution in [0.5, 0.6) is 0 Å². The van der Waals surface area contributed by atoms with Crippen molar-refractivity contribution >= 4 is 11.9 Å². The predicted molar refractivity (Wildman–Crippen MR) is 46.5 cm³/mol. The van der Waals surface area contributed by atoms with Gasteiger partial charge in [-0.15, -0.1) is 0 Å². The second-order valence-electron chi connectivity index (χ2n) is 4.44. The topological polar surface area (TPSA) is 101 Å². The number of nitrogens with two attached hydrogens (primary N) is 1. The first-order chi connectivity index (χ1) is 6.45. The lowest BCUT2D eigenvalue weighted by Gasteiger charge is -2.32. The summed E-state index contributed by atoms with van der Waals surface area (Å²) in [5.41, 5.74) is 4.45. The van der Waals surface area contributed by atoms with E-state index >= 15 is 0 Å². The van der Waals surface area contributed by atoms with E-state index in [4.69, 9.17) is 15.9 Å². The molecule has 2 aliphatic rings. The normalized spacial score (nSPS) is 45.4. The van der Waals surface area contributed by atoms with E-state index < -0.39 is 23.4 Å². The van der Waals surface area contributed by atoms with Crippen molar-refractivity contribution in [3.05, 3.63) is 0 Å². The molecule has 2 saturated carbocycles. The van der Waals surface area contributed by atoms with Gasteiger partial charge in [-0.25, -0.2) is 0 Å². The number of hydrogen-bond acceptors (Lipinski definition) is 3. The van der Waals surface area contributed by atoms with E-state index in [1.807, 2.05) is 0 Å². The molecular weight excluding hydrogens is 186 g/mol. The van der Waals surface area contributed by atoms with Crippen molar-refractivity contribution in [2.75, 3.05) is 0 Å². The van der Waals surface area contributed by atoms with Crippen LogP contribution in [0.3, 0.4) is 0 Å². The molecule has 5 nitrogen and oxygen atoms in total. The Balaban J connectivity index is 2.27. The summed E-state index contributed by atoms with van der Waals surface area (Å²) in [5.74, 6) is -2.73. The molecule has 2 rings (SSSR count). The number of hydrogen-bond donors (Lipinski definition) is 3. The van der Waals surface area contributed by atoms with Gasteiger partial charge in [0.2, 0.25) is 0 Å². The smallest absolute Gasteiger partial charge is 0.324 e. The van der Waals surface area contributed by atoms with E-state index in [2.05, 4.69) is 0 Å². The minimum Gasteiger partial charge on any atom is -0.481 e. The second-order valence-corrected chi connectivity index (χ2v) is 4.44. The molecule has 2 aliphatic carbocycles. The molecule has 0 aliphatic heterocycles. The third-order valence-corrected chi connectivity index (χ3v) is 3.66. The van der Waals surface area contributed by atoms with Crippen LogP contribution < -0.4 is 5.73 Å². The molecule has 5 heteroatoms. The summed E-state index contributed by atoms with van der Waals surface area (Å²) in [6, 6.07) is 0. The number of aliphatic carboxylic acids is 2. The Bertz CT molecular complexity index is 303. The Hall–Kier alpha value is -1.10. The number of carbonyl (C=O) groups is 2. The van der Waals surface area contributed by atoms with Gasteiger partial charge in [-0.1, -0.05) is 0 Å². The highest BCUT2D eigenvalue weighted by atomic mass is 16.4. The van der Waals surface area contributed by atoms with Crippen LogP contribution in [-0.4, -0.2) is 27.7 Å². The summed E-state index contributed by atoms with van der Waals surface area (Å²) in [5, 5.41) is 17.9. The largest absolute Gasteiger partial charge is 0.481 e. The molecule has 0 heterocycles. The van der Waals surface area contributed by atoms with Crippen molar-refractivity contribution < 1.29 is 19.8 Å². The Morgan fingerprint density at radius 2 is 1.93 bits per heavy atom. The zero-order chi connectivity index (χ0) is 10.5. The van der Waals surface area contributed by atoms with Crippen molar-refractivity contribution in [3.63, 3.8) is 0 Å². The van der Waals surface area contributed by atoms with Crippen molar-refractivity contribution in [1.82, 2.24) is 0 Å². The van der Waals surface area contributed by atoms with E-state index in [1.165, 1.54) is 0 Å². The fraction of sp³-hybridized carbons (Fsp3) is 0.778. The molecule has 0 aromatic carbocycles. The number of carboxylic acids is 2. The molecular formula is C9H13NO4. The standard InChI is InChI=1S/C9H13NO4/c10-9(8(13)14)3-4-1-5(7(11)12)6(9)2-4/h4-6H,1-3,10H2,(H,11,12)(H,13,14)/t4-,5-,6-,9-/m0/s1. The second kappa shape index (κ2) is 2.70. The average Bonchev–Trinajstić information content (AvgIpc) is 2.60. The van der Waals surface area contributed by atoms with Gasteiger partial charge in [-0.05, 0) is 25.2 Å². The Morgan fingerprint density at radius 3 is 2.36 bits per heavy atom. The van der Waals surface area contributed by atoms with Crippen molar-refractivity contribution in [3.8, 4) is 0 Å². The van der Waals surface area contributed by atoms with Crippen molar-refractivity contribution in [2.45, 2.75) is 24.8 Å². The number of fused-ring (bicyclic) bond motifs is 2. The van der Waals surface area contributed by atoms with Gasteiger partial charge in [0.15, 0.2) is 0 Å². The van der Waals surface area contributed by atoms with Crippen molar-refractivity contribution in [2.24, 2.45) is 23.5 Å². The first-order valence-corrected chi connectivity index (χ1v) is 4.70. The molecule has 0 spiro atoms. The fourth-order valence-electron chi connectivity index (χ4n) is 3.03. The lowest BCUT2D eigenvalue weighted by Crippen LogP contribution is -2.55. The minimum atomic E-state index is -1.30. The average molecular weight is 199 g/mol. The van der Waals surface area contributed by atoms with E-state index in [0.717, 1.165) is 0 Å². The molecule has 0 amide bonds. The summed E-state index contributed by atoms with van der Waals surface area (Å²) in [6.07, 6.45) is 1.67. The highest BCUT2D eigenvalue weighted by Crippen LogP contribution is 2.53. The van der Waals surface area contributed by atoms with Gasteiger partial charge < -0.3 is 15.9 Å². The van der Waals surface area contributed by atoms with Crippen LogP contribution in [0, 0.1) is 17.8 Å². The monoisotopic (exact) mass is 199 g/mol. The van der Waals surface area contributed by atoms with Crippen LogP contribution in [0.4, 0.5) is 0 Å². The molecule has 0 unspecified atom stereocenters. The number of rotatable bonds is 2. The van der Waals surface area contributed by atoms with Crippen molar-refractivity contribution in [1.29, 1.82) is 0 Å². The van der Waals surface area contributed by atoms with E-state index in [1.54, 1.807) is 0 Å². The molecule has 0 aromatic heterocycles. The third-order valence-electron chi connectivity index (χ3n) is 3.66. The molecule has 14 heavy (non-hydrogen) atoms. The van der Waals surface area contributed by atoms with Crippen LogP contribution >= 0.6 is 0 Å². The molecule has 0 radical (unpaired) electrons. The fourth-order valence-corrected chi connectivity index (χ4v) is 3.03. The third kappa shape index (κ3) is 1.05. The zero-order valence-electron chi connectivity index (χ0n) is 7.64. The zero-order valence-corrected chi connectivity index (χ0v) is 7.64. The van der Waals surface area contributed by atoms with E-state index in [0.29, 0.717) is 19.3 Å². The summed E-state index contributed by atoms with van der Waals surface area (Å²) < 4.78 is 0. The predicted octanol–water partition coefficient (Wildman–Crippen LogP) is -0.101. The minimum absolute atomic E-state index is 0.183. The molecule has 4 atom stereocenters. The summed E-state index contributed by atoms with van der Waals surface area (Å²) >= 11 is 0. The first kappa shape index (κ1) is 9.45. The molecule has 2 bridgehead atoms. The quantitative estimate of drug-likeness (QED) is 0.576. The Kier molecular flexibility index (Phi) is 1.82. The number of carboxylic acid groups (broad SMARTS) is 2. The van der Waals surface area contributed by atoms with Crippen LogP contribution in [0.1, 0.15) is 19.3 Å². The van der Waals surface area contributed by atoms with E-state index in [9.17, 15) is 9.59 Å². The lowest BCUT2D eigenvalue weighted by molar-refractivity contribution is -0.151. The first-order valence-electron chi connectivity index (χ1n) is 4.70. The van der Waals surface area contributed by atoms with Crippen LogP contribution in [-0.2, 0) is 9.59 Å². The summed E-state index contributed by atoms with van der Waals surface area (Å²) in [4.78, 5) is 21.8. The van der Waals surface area contributed by atoms with Crippen LogP contribution in [0.2, 0.25) is 0 Å². The highest BCUT2D eigenvalue weighted by molar-refractivity contribution is 5.82. The molecule has 78 valence electrons. The highest BCUT2D eigenvalue weighted by Gasteiger charge is 2.59. The van der Waals surface area contributed by atoms with Gasteiger partial charge in [0.1, 0.15) is 5.54 Å². The Labute approximate surface area is 80.9 Å². The maximum absolute atomic E-state index is 11.0. The molecule has 2 fully saturated rings. The maximum atomic E-state index is 11.0. The molecule has 0 aromatic rings.